The molecule has 0 saturated carbocycles. The fraction of sp³-hybridized carbons (Fsp3) is 0.494. The number of aliphatic hydroxyl groups excluding tert-OH is 6. The van der Waals surface area contributed by atoms with Gasteiger partial charge in [0, 0.05) is 73.0 Å². The Kier molecular flexibility index (Phi) is 27.5. The molecule has 5 aromatic carbocycles. The first-order valence-corrected chi connectivity index (χ1v) is 37.2. The van der Waals surface area contributed by atoms with Gasteiger partial charge in [-0.05, 0) is 116 Å². The zero-order valence-electron chi connectivity index (χ0n) is 62.0. The van der Waals surface area contributed by atoms with Crippen LogP contribution in [0.3, 0.4) is 0 Å². The number of aliphatic hydroxyl groups is 6. The number of carbonyl (C=O) groups is 9. The SMILES string of the molecule is CCCCOC(CNC1(C)CC(OC2C(Oc3c4cc5cc3Oc3ccc(cc3Cl)[C@@H](O)[C@@H]3NC(=O)C(CC(=O)[C@@H]5NC(=O)[C@H](CC(N)=O)CC(=O)C(NC(=O)[C@H](CC)CC(C)C)[C@H](O)c5ccc(c(Cl)c5)O4)c4ccc(O)c(c4)-c4c(O)cc(O)cc4[C@H](C(=O)O)NC3=O)OC(CO)C(O)C2O)OC(C)C1O)C(=O)OC. The maximum Gasteiger partial charge on any atom is 0.336 e. The maximum absolute atomic E-state index is 16.3. The number of phenolic OH excluding ortho intramolecular Hbond substituents is 3. The van der Waals surface area contributed by atoms with E-state index in [1.54, 1.807) is 13.8 Å². The molecular formula is C77H92Cl2N6O27. The number of unbranched alkanes of at least 4 members (excludes halogenated alkanes) is 1. The third kappa shape index (κ3) is 19.0. The molecule has 5 amide bonds. The van der Waals surface area contributed by atoms with Crippen molar-refractivity contribution in [1.29, 1.82) is 0 Å². The number of halogens is 2. The lowest BCUT2D eigenvalue weighted by molar-refractivity contribution is -0.334. The Bertz CT molecular complexity index is 4380. The van der Waals surface area contributed by atoms with Crippen LogP contribution in [0.5, 0.6) is 46.0 Å². The van der Waals surface area contributed by atoms with Crippen LogP contribution in [0.25, 0.3) is 11.1 Å². The summed E-state index contributed by atoms with van der Waals surface area (Å²) in [5.74, 6) is -20.0. The van der Waals surface area contributed by atoms with Gasteiger partial charge in [0.15, 0.2) is 47.6 Å². The number of ether oxygens (including phenoxy) is 8. The van der Waals surface area contributed by atoms with Gasteiger partial charge in [-0.25, -0.2) is 9.59 Å². The van der Waals surface area contributed by atoms with Gasteiger partial charge in [-0.2, -0.15) is 0 Å². The zero-order chi connectivity index (χ0) is 81.6. The summed E-state index contributed by atoms with van der Waals surface area (Å²) < 4.78 is 50.1. The molecule has 112 heavy (non-hydrogen) atoms. The number of Topliss-reactive ketones (excluding diaryl/α,β-unsaturated/α-hetero) is 2. The summed E-state index contributed by atoms with van der Waals surface area (Å²) in [7, 11) is 1.18. The number of carbonyl (C=O) groups excluding carboxylic acids is 8. The molecule has 12 rings (SSSR count). The number of fused-ring (bicyclic) bond motifs is 15. The summed E-state index contributed by atoms with van der Waals surface area (Å²) in [4.78, 5) is 131. The van der Waals surface area contributed by atoms with E-state index in [-0.39, 0.29) is 59.4 Å². The molecule has 12 unspecified atom stereocenters. The van der Waals surface area contributed by atoms with Crippen molar-refractivity contribution in [3.8, 4) is 57.1 Å². The summed E-state index contributed by atoms with van der Waals surface area (Å²) in [6.45, 7) is 9.51. The van der Waals surface area contributed by atoms with Crippen molar-refractivity contribution in [2.75, 3.05) is 26.9 Å². The van der Waals surface area contributed by atoms with Crippen molar-refractivity contribution >= 4 is 76.2 Å². The van der Waals surface area contributed by atoms with Crippen LogP contribution < -0.4 is 46.5 Å². The predicted octanol–water partition coefficient (Wildman–Crippen LogP) is 4.51. The molecule has 0 spiro atoms. The molecule has 33 nitrogen and oxygen atoms in total. The van der Waals surface area contributed by atoms with Crippen LogP contribution in [-0.4, -0.2) is 204 Å². The Morgan fingerprint density at radius 2 is 1.40 bits per heavy atom. The number of hydrogen-bond donors (Lipinski definition) is 16. The van der Waals surface area contributed by atoms with E-state index in [4.69, 9.17) is 66.8 Å². The van der Waals surface area contributed by atoms with Gasteiger partial charge in [-0.1, -0.05) is 75.5 Å². The summed E-state index contributed by atoms with van der Waals surface area (Å²) in [6.07, 6.45) is -20.4. The Hall–Kier alpha value is -9.33. The Morgan fingerprint density at radius 3 is 2.00 bits per heavy atom. The van der Waals surface area contributed by atoms with Crippen LogP contribution in [0.1, 0.15) is 151 Å². The zero-order valence-corrected chi connectivity index (χ0v) is 63.5. The smallest absolute Gasteiger partial charge is 0.336 e. The second kappa shape index (κ2) is 36.2. The molecule has 7 aliphatic rings. The minimum absolute atomic E-state index is 0.0295. The number of aromatic hydroxyl groups is 3. The van der Waals surface area contributed by atoms with E-state index < -0.39 is 261 Å². The van der Waals surface area contributed by atoms with Crippen LogP contribution in [0, 0.1) is 17.8 Å². The average Bonchev–Trinajstić information content (AvgIpc) is 0.765. The van der Waals surface area contributed by atoms with Gasteiger partial charge < -0.3 is 121 Å². The van der Waals surface area contributed by atoms with Crippen molar-refractivity contribution in [2.24, 2.45) is 23.5 Å². The van der Waals surface area contributed by atoms with Crippen molar-refractivity contribution < 1.29 is 132 Å². The van der Waals surface area contributed by atoms with Crippen LogP contribution in [0.2, 0.25) is 10.0 Å². The highest BCUT2D eigenvalue weighted by atomic mass is 35.5. The van der Waals surface area contributed by atoms with Crippen molar-refractivity contribution in [3.63, 3.8) is 0 Å². The number of nitrogens with one attached hydrogen (secondary N) is 5. The number of nitrogens with two attached hydrogens (primary N) is 1. The lowest BCUT2D eigenvalue weighted by Gasteiger charge is -2.48. The molecule has 11 bridgehead atoms. The second-order valence-corrected chi connectivity index (χ2v) is 29.9. The number of carboxylic acids is 1. The predicted molar refractivity (Wildman–Crippen MR) is 393 cm³/mol. The number of methoxy groups -OCH3 is 1. The number of hydrogen-bond acceptors (Lipinski definition) is 27. The van der Waals surface area contributed by atoms with Crippen LogP contribution in [-0.2, 0) is 66.8 Å². The van der Waals surface area contributed by atoms with Gasteiger partial charge in [0.1, 0.15) is 77.4 Å². The summed E-state index contributed by atoms with van der Waals surface area (Å²) in [5, 5.41) is 129. The molecule has 5 aromatic rings. The molecule has 606 valence electrons. The second-order valence-electron chi connectivity index (χ2n) is 29.1. The number of aliphatic carboxylic acids is 1. The number of benzene rings is 5. The molecule has 0 radical (unpaired) electrons. The largest absolute Gasteiger partial charge is 0.508 e. The fourth-order valence-corrected chi connectivity index (χ4v) is 14.9. The van der Waals surface area contributed by atoms with Crippen molar-refractivity contribution in [1.82, 2.24) is 26.6 Å². The number of primary amides is 1. The molecule has 0 aliphatic carbocycles. The first kappa shape index (κ1) is 85.1. The standard InChI is InChI=1S/C77H92Cl2N6O27/c1-8-10-17-106-54(75(104)105-7)30-81-77(6)29-57(107-33(5)69(77)97)111-68-66(96)65(95)55(31-86)110-76(68)112-67-52-23-38-24-53(67)109-51-16-13-37(21-45(51)79)64(94)62-73(101)83-60(74(102)103)43-26-40(87)27-47(89)58(43)42-19-35(11-14-46(42)88)41(72(100)85-62)28-49(91)59(38)82-71(99)39(25-56(80)92)22-48(90)61(84-70(98)34(9-2)18-32(3)4)63(93)36-12-15-50(108-52)44(78)20-36/h11-16,19-21,23-24,26-27,32-34,39,41,54-55,57,59-66,68-69,76,81,86-89,93-97H,8-10,17-18,22,25,28-31H2,1-7H3,(H2,80,92)(H,82,99)(H,83,101)(H,84,98)(H,85,100)(H,102,103)/t33?,34-,39+,41?,54?,55?,57?,59-,60-,61?,62+,63-,64-,65?,66?,68?,69?,76?,77?/m1/s1. The Labute approximate surface area is 652 Å². The lowest BCUT2D eigenvalue weighted by atomic mass is 9.84. The first-order valence-electron chi connectivity index (χ1n) is 36.5. The molecule has 7 aliphatic heterocycles. The highest BCUT2D eigenvalue weighted by Gasteiger charge is 2.53. The topological polar surface area (TPSA) is 516 Å². The number of esters is 1. The maximum atomic E-state index is 16.3. The van der Waals surface area contributed by atoms with Crippen LogP contribution in [0.4, 0.5) is 0 Å². The van der Waals surface area contributed by atoms with E-state index in [0.29, 0.717) is 12.8 Å². The molecule has 19 atom stereocenters. The van der Waals surface area contributed by atoms with E-state index >= 15 is 19.2 Å². The molecule has 17 N–H and O–H groups in total. The van der Waals surface area contributed by atoms with E-state index in [1.165, 1.54) is 32.2 Å². The Balaban J connectivity index is 1.21. The van der Waals surface area contributed by atoms with E-state index in [0.717, 1.165) is 67.1 Å². The quantitative estimate of drug-likeness (QED) is 0.0355. The fourth-order valence-electron chi connectivity index (χ4n) is 14.4. The molecule has 7 heterocycles. The van der Waals surface area contributed by atoms with Crippen LogP contribution >= 0.6 is 23.2 Å². The van der Waals surface area contributed by atoms with E-state index in [9.17, 15) is 75.0 Å². The van der Waals surface area contributed by atoms with Gasteiger partial charge in [-0.3, -0.25) is 33.6 Å². The van der Waals surface area contributed by atoms with Crippen LogP contribution in [0.15, 0.2) is 78.9 Å². The summed E-state index contributed by atoms with van der Waals surface area (Å²) >= 11 is 14.3. The van der Waals surface area contributed by atoms with Gasteiger partial charge >= 0.3 is 11.9 Å². The van der Waals surface area contributed by atoms with Gasteiger partial charge in [0.05, 0.1) is 47.8 Å². The van der Waals surface area contributed by atoms with Crippen molar-refractivity contribution in [3.05, 3.63) is 117 Å². The van der Waals surface area contributed by atoms with Gasteiger partial charge in [0.2, 0.25) is 41.6 Å². The minimum Gasteiger partial charge on any atom is -0.508 e. The average molecular weight is 1600 g/mol. The van der Waals surface area contributed by atoms with E-state index in [1.807, 2.05) is 20.8 Å². The third-order valence-corrected chi connectivity index (χ3v) is 21.1. The summed E-state index contributed by atoms with van der Waals surface area (Å²) in [5.41, 5.74) is 1.92. The highest BCUT2D eigenvalue weighted by molar-refractivity contribution is 6.32. The summed E-state index contributed by atoms with van der Waals surface area (Å²) in [6, 6.07) is 5.47. The normalized spacial score (nSPS) is 28.1. The lowest BCUT2D eigenvalue weighted by Crippen LogP contribution is -2.66. The number of carboxylic acid groups (broad SMARTS) is 1. The number of ketones is 2. The first-order chi connectivity index (χ1) is 53.1. The minimum atomic E-state index is -2.26. The number of rotatable bonds is 21. The Morgan fingerprint density at radius 1 is 0.750 bits per heavy atom. The molecule has 2 fully saturated rings. The number of amides is 5. The third-order valence-electron chi connectivity index (χ3n) is 20.5. The number of phenols is 3. The highest BCUT2D eigenvalue weighted by Crippen LogP contribution is 2.51. The van der Waals surface area contributed by atoms with E-state index in [2.05, 4.69) is 26.6 Å². The molecule has 35 heteroatoms. The molecule has 2 saturated heterocycles. The van der Waals surface area contributed by atoms with Gasteiger partial charge in [-0.15, -0.1) is 0 Å². The molecule has 0 aromatic heterocycles. The van der Waals surface area contributed by atoms with Crippen molar-refractivity contribution in [2.45, 2.75) is 196 Å². The molecular weight excluding hydrogens is 1510 g/mol. The monoisotopic (exact) mass is 1600 g/mol. The van der Waals surface area contributed by atoms with Gasteiger partial charge in [0.25, 0.3) is 0 Å².